The number of hydrogen-bond acceptors (Lipinski definition) is 5. The standard InChI is InChI=1S/C21H23N7O2/c1-26-17(7-8-23-26)21(30)27-11-15-9-18-24-25-19(28(18)13-16(15)12-27)20(29)22-10-14-5-3-2-4-6-14/h2-8,15-16H,9-13H2,1H3,(H,22,29)/t15-,16-/m0/s1. The molecule has 154 valence electrons. The molecule has 9 nitrogen and oxygen atoms in total. The molecule has 1 N–H and O–H groups in total. The van der Waals surface area contributed by atoms with Crippen molar-refractivity contribution < 1.29 is 9.59 Å². The van der Waals surface area contributed by atoms with Crippen LogP contribution < -0.4 is 5.32 Å². The third kappa shape index (κ3) is 3.26. The van der Waals surface area contributed by atoms with Crippen molar-refractivity contribution in [3.8, 4) is 0 Å². The van der Waals surface area contributed by atoms with E-state index in [0.717, 1.165) is 17.8 Å². The van der Waals surface area contributed by atoms with E-state index in [9.17, 15) is 9.59 Å². The molecule has 5 rings (SSSR count). The number of nitrogens with zero attached hydrogens (tertiary/aromatic N) is 6. The average molecular weight is 405 g/mol. The first kappa shape index (κ1) is 18.5. The molecule has 2 aliphatic rings. The summed E-state index contributed by atoms with van der Waals surface area (Å²) in [4.78, 5) is 27.4. The smallest absolute Gasteiger partial charge is 0.289 e. The van der Waals surface area contributed by atoms with Gasteiger partial charge in [-0.25, -0.2) is 0 Å². The first-order valence-corrected chi connectivity index (χ1v) is 10.1. The average Bonchev–Trinajstić information content (AvgIpc) is 3.48. The highest BCUT2D eigenvalue weighted by atomic mass is 16.2. The van der Waals surface area contributed by atoms with Crippen molar-refractivity contribution in [1.29, 1.82) is 0 Å². The van der Waals surface area contributed by atoms with Crippen molar-refractivity contribution >= 4 is 11.8 Å². The number of nitrogens with one attached hydrogen (secondary N) is 1. The van der Waals surface area contributed by atoms with E-state index in [1.165, 1.54) is 0 Å². The van der Waals surface area contributed by atoms with Gasteiger partial charge in [-0.15, -0.1) is 10.2 Å². The van der Waals surface area contributed by atoms with E-state index in [1.54, 1.807) is 24.0 Å². The monoisotopic (exact) mass is 405 g/mol. The fourth-order valence-corrected chi connectivity index (χ4v) is 4.46. The summed E-state index contributed by atoms with van der Waals surface area (Å²) in [7, 11) is 1.78. The van der Waals surface area contributed by atoms with Crippen LogP contribution in [0.4, 0.5) is 0 Å². The van der Waals surface area contributed by atoms with Gasteiger partial charge in [0.05, 0.1) is 0 Å². The van der Waals surface area contributed by atoms with E-state index in [2.05, 4.69) is 20.6 Å². The van der Waals surface area contributed by atoms with Gasteiger partial charge in [-0.3, -0.25) is 14.3 Å². The van der Waals surface area contributed by atoms with Crippen LogP contribution in [0.1, 0.15) is 32.5 Å². The number of carbonyl (C=O) groups excluding carboxylic acids is 2. The minimum atomic E-state index is -0.225. The Morgan fingerprint density at radius 1 is 1.07 bits per heavy atom. The van der Waals surface area contributed by atoms with Gasteiger partial charge in [0.15, 0.2) is 0 Å². The molecular formula is C21H23N7O2. The number of likely N-dealkylation sites (tertiary alicyclic amines) is 1. The summed E-state index contributed by atoms with van der Waals surface area (Å²) in [6.07, 6.45) is 2.36. The van der Waals surface area contributed by atoms with Crippen LogP contribution in [0, 0.1) is 11.8 Å². The molecule has 1 aromatic carbocycles. The molecule has 2 aromatic heterocycles. The van der Waals surface area contributed by atoms with Crippen LogP contribution in [0.3, 0.4) is 0 Å². The summed E-state index contributed by atoms with van der Waals surface area (Å²) < 4.78 is 3.52. The van der Waals surface area contributed by atoms with Crippen molar-refractivity contribution in [2.24, 2.45) is 18.9 Å². The van der Waals surface area contributed by atoms with Gasteiger partial charge in [0.1, 0.15) is 11.5 Å². The zero-order valence-electron chi connectivity index (χ0n) is 16.7. The maximum atomic E-state index is 12.8. The maximum absolute atomic E-state index is 12.8. The topological polar surface area (TPSA) is 97.9 Å². The predicted octanol–water partition coefficient (Wildman–Crippen LogP) is 0.886. The van der Waals surface area contributed by atoms with Crippen LogP contribution in [-0.2, 0) is 26.6 Å². The van der Waals surface area contributed by atoms with Crippen LogP contribution >= 0.6 is 0 Å². The number of carbonyl (C=O) groups is 2. The molecule has 30 heavy (non-hydrogen) atoms. The van der Waals surface area contributed by atoms with Gasteiger partial charge < -0.3 is 14.8 Å². The molecule has 2 amide bonds. The lowest BCUT2D eigenvalue weighted by molar-refractivity contribution is 0.0772. The Kier molecular flexibility index (Phi) is 4.57. The van der Waals surface area contributed by atoms with Crippen LogP contribution in [-0.4, -0.2) is 54.3 Å². The third-order valence-corrected chi connectivity index (χ3v) is 6.09. The molecule has 0 spiro atoms. The van der Waals surface area contributed by atoms with Crippen LogP contribution in [0.15, 0.2) is 42.6 Å². The summed E-state index contributed by atoms with van der Waals surface area (Å²) in [6, 6.07) is 11.5. The molecule has 0 radical (unpaired) electrons. The Morgan fingerprint density at radius 2 is 1.87 bits per heavy atom. The summed E-state index contributed by atoms with van der Waals surface area (Å²) in [5, 5.41) is 15.4. The summed E-state index contributed by atoms with van der Waals surface area (Å²) >= 11 is 0. The van der Waals surface area contributed by atoms with Crippen LogP contribution in [0.2, 0.25) is 0 Å². The van der Waals surface area contributed by atoms with Gasteiger partial charge in [-0.2, -0.15) is 5.10 Å². The molecule has 0 unspecified atom stereocenters. The Morgan fingerprint density at radius 3 is 2.63 bits per heavy atom. The molecule has 2 atom stereocenters. The first-order chi connectivity index (χ1) is 14.6. The molecule has 4 heterocycles. The molecule has 0 saturated carbocycles. The minimum Gasteiger partial charge on any atom is -0.345 e. The summed E-state index contributed by atoms with van der Waals surface area (Å²) in [5.41, 5.74) is 1.62. The Bertz CT molecular complexity index is 1090. The summed E-state index contributed by atoms with van der Waals surface area (Å²) in [5.74, 6) is 1.55. The van der Waals surface area contributed by atoms with Gasteiger partial charge in [-0.05, 0) is 23.5 Å². The normalized spacial score (nSPS) is 20.0. The van der Waals surface area contributed by atoms with Crippen molar-refractivity contribution in [2.75, 3.05) is 13.1 Å². The Hall–Kier alpha value is -3.49. The number of amides is 2. The second-order valence-electron chi connectivity index (χ2n) is 7.99. The van der Waals surface area contributed by atoms with Gasteiger partial charge in [0.25, 0.3) is 11.8 Å². The lowest BCUT2D eigenvalue weighted by Gasteiger charge is -2.25. The van der Waals surface area contributed by atoms with Crippen molar-refractivity contribution in [3.05, 3.63) is 65.5 Å². The molecular weight excluding hydrogens is 382 g/mol. The highest BCUT2D eigenvalue weighted by molar-refractivity contribution is 5.92. The van der Waals surface area contributed by atoms with E-state index in [4.69, 9.17) is 0 Å². The van der Waals surface area contributed by atoms with E-state index >= 15 is 0 Å². The van der Waals surface area contributed by atoms with E-state index in [1.807, 2.05) is 39.8 Å². The van der Waals surface area contributed by atoms with Gasteiger partial charge in [-0.1, -0.05) is 30.3 Å². The number of rotatable bonds is 4. The lowest BCUT2D eigenvalue weighted by Crippen LogP contribution is -2.33. The SMILES string of the molecule is Cn1nccc1C(=O)N1C[C@@H]2Cc3nnc(C(=O)NCc4ccccc4)n3C[C@@H]2C1. The van der Waals surface area contributed by atoms with Crippen LogP contribution in [0.25, 0.3) is 0 Å². The van der Waals surface area contributed by atoms with Crippen molar-refractivity contribution in [2.45, 2.75) is 19.5 Å². The Labute approximate surface area is 173 Å². The second kappa shape index (κ2) is 7.40. The fraction of sp³-hybridized carbons (Fsp3) is 0.381. The molecule has 0 bridgehead atoms. The maximum Gasteiger partial charge on any atom is 0.289 e. The Balaban J connectivity index is 1.27. The van der Waals surface area contributed by atoms with Gasteiger partial charge in [0, 0.05) is 45.8 Å². The van der Waals surface area contributed by atoms with E-state index in [-0.39, 0.29) is 17.7 Å². The van der Waals surface area contributed by atoms with E-state index in [0.29, 0.717) is 43.6 Å². The molecule has 1 fully saturated rings. The third-order valence-electron chi connectivity index (χ3n) is 6.09. The highest BCUT2D eigenvalue weighted by Crippen LogP contribution is 2.33. The van der Waals surface area contributed by atoms with Crippen LogP contribution in [0.5, 0.6) is 0 Å². The number of aryl methyl sites for hydroxylation is 1. The summed E-state index contributed by atoms with van der Waals surface area (Å²) in [6.45, 7) is 2.45. The first-order valence-electron chi connectivity index (χ1n) is 10.1. The predicted molar refractivity (Wildman–Crippen MR) is 107 cm³/mol. The number of hydrogen-bond donors (Lipinski definition) is 1. The molecule has 9 heteroatoms. The second-order valence-corrected chi connectivity index (χ2v) is 7.99. The number of benzene rings is 1. The van der Waals surface area contributed by atoms with Gasteiger partial charge in [0.2, 0.25) is 5.82 Å². The van der Waals surface area contributed by atoms with Crippen molar-refractivity contribution in [1.82, 2.24) is 34.8 Å². The molecule has 1 saturated heterocycles. The lowest BCUT2D eigenvalue weighted by atomic mass is 9.89. The molecule has 2 aliphatic heterocycles. The minimum absolute atomic E-state index is 0.000919. The zero-order chi connectivity index (χ0) is 20.7. The number of aromatic nitrogens is 5. The molecule has 0 aliphatic carbocycles. The highest BCUT2D eigenvalue weighted by Gasteiger charge is 2.41. The van der Waals surface area contributed by atoms with Gasteiger partial charge >= 0.3 is 0 Å². The molecule has 3 aromatic rings. The van der Waals surface area contributed by atoms with Crippen molar-refractivity contribution in [3.63, 3.8) is 0 Å². The van der Waals surface area contributed by atoms with E-state index < -0.39 is 0 Å². The number of fused-ring (bicyclic) bond motifs is 2. The quantitative estimate of drug-likeness (QED) is 0.695. The zero-order valence-corrected chi connectivity index (χ0v) is 16.7. The largest absolute Gasteiger partial charge is 0.345 e. The fourth-order valence-electron chi connectivity index (χ4n) is 4.46.